The van der Waals surface area contributed by atoms with Crippen molar-refractivity contribution in [2.24, 2.45) is 0 Å². The molecule has 0 saturated carbocycles. The van der Waals surface area contributed by atoms with E-state index >= 15 is 0 Å². The van der Waals surface area contributed by atoms with Crippen LogP contribution in [0.1, 0.15) is 30.6 Å². The van der Waals surface area contributed by atoms with Gasteiger partial charge < -0.3 is 10.2 Å². The molecule has 1 N–H and O–H groups in total. The maximum Gasteiger partial charge on any atom is 0.217 e. The first-order valence-corrected chi connectivity index (χ1v) is 6.19. The Bertz CT molecular complexity index is 453. The predicted molar refractivity (Wildman–Crippen MR) is 70.9 cm³/mol. The number of hydrogen-bond donors (Lipinski definition) is 1. The second kappa shape index (κ2) is 5.21. The van der Waals surface area contributed by atoms with Gasteiger partial charge in [0.1, 0.15) is 0 Å². The van der Waals surface area contributed by atoms with Gasteiger partial charge in [0.05, 0.1) is 0 Å². The van der Waals surface area contributed by atoms with Crippen molar-refractivity contribution in [1.29, 1.82) is 0 Å². The van der Waals surface area contributed by atoms with Crippen LogP contribution in [-0.4, -0.2) is 30.8 Å². The lowest BCUT2D eigenvalue weighted by Crippen LogP contribution is -2.35. The number of ketones is 1. The molecule has 1 aliphatic rings. The highest BCUT2D eigenvalue weighted by molar-refractivity contribution is 5.94. The van der Waals surface area contributed by atoms with Crippen LogP contribution in [0.25, 0.3) is 0 Å². The molecule has 4 heteroatoms. The molecule has 1 aromatic carbocycles. The van der Waals surface area contributed by atoms with E-state index in [4.69, 9.17) is 0 Å². The van der Waals surface area contributed by atoms with Gasteiger partial charge in [-0.25, -0.2) is 0 Å². The topological polar surface area (TPSA) is 49.4 Å². The average molecular weight is 246 g/mol. The fraction of sp³-hybridized carbons (Fsp3) is 0.429. The number of carbonyl (C=O) groups excluding carboxylic acids is 2. The lowest BCUT2D eigenvalue weighted by atomic mass is 10.1. The molecule has 1 heterocycles. The molecule has 4 nitrogen and oxygen atoms in total. The lowest BCUT2D eigenvalue weighted by molar-refractivity contribution is -0.119. The van der Waals surface area contributed by atoms with Crippen molar-refractivity contribution in [3.05, 3.63) is 29.8 Å². The summed E-state index contributed by atoms with van der Waals surface area (Å²) in [5.41, 5.74) is 1.84. The van der Waals surface area contributed by atoms with Crippen molar-refractivity contribution in [2.75, 3.05) is 18.0 Å². The van der Waals surface area contributed by atoms with Gasteiger partial charge in [-0.3, -0.25) is 9.59 Å². The molecule has 0 aliphatic carbocycles. The molecule has 96 valence electrons. The van der Waals surface area contributed by atoms with Crippen LogP contribution in [0.4, 0.5) is 5.69 Å². The number of benzene rings is 1. The molecule has 18 heavy (non-hydrogen) atoms. The average Bonchev–Trinajstić information content (AvgIpc) is 2.76. The first-order chi connectivity index (χ1) is 8.56. The molecule has 1 fully saturated rings. The Hall–Kier alpha value is -1.84. The molecule has 1 saturated heterocycles. The number of nitrogens with one attached hydrogen (secondary N) is 1. The third-order valence-electron chi connectivity index (χ3n) is 3.23. The summed E-state index contributed by atoms with van der Waals surface area (Å²) in [6.07, 6.45) is 0.966. The van der Waals surface area contributed by atoms with Gasteiger partial charge in [0.25, 0.3) is 0 Å². The van der Waals surface area contributed by atoms with Crippen LogP contribution in [0.5, 0.6) is 0 Å². The van der Waals surface area contributed by atoms with E-state index in [0.717, 1.165) is 30.8 Å². The second-order valence-electron chi connectivity index (χ2n) is 4.74. The standard InChI is InChI=1S/C14H18N2O2/c1-10(17)12-3-5-14(6-4-12)16-8-7-13(9-16)15-11(2)18/h3-6,13H,7-9H2,1-2H3,(H,15,18). The summed E-state index contributed by atoms with van der Waals surface area (Å²) in [5.74, 6) is 0.105. The summed E-state index contributed by atoms with van der Waals surface area (Å²) in [6.45, 7) is 4.88. The minimum absolute atomic E-state index is 0.0220. The highest BCUT2D eigenvalue weighted by atomic mass is 16.1. The van der Waals surface area contributed by atoms with Gasteiger partial charge in [0, 0.05) is 37.3 Å². The number of rotatable bonds is 3. The van der Waals surface area contributed by atoms with E-state index in [2.05, 4.69) is 10.2 Å². The van der Waals surface area contributed by atoms with Crippen molar-refractivity contribution < 1.29 is 9.59 Å². The predicted octanol–water partition coefficient (Wildman–Crippen LogP) is 1.60. The van der Waals surface area contributed by atoms with Gasteiger partial charge in [-0.15, -0.1) is 0 Å². The fourth-order valence-electron chi connectivity index (χ4n) is 2.31. The normalized spacial score (nSPS) is 18.8. The van der Waals surface area contributed by atoms with Gasteiger partial charge in [-0.2, -0.15) is 0 Å². The quantitative estimate of drug-likeness (QED) is 0.824. The summed E-state index contributed by atoms with van der Waals surface area (Å²) in [6, 6.07) is 7.86. The molecule has 1 amide bonds. The third kappa shape index (κ3) is 2.88. The van der Waals surface area contributed by atoms with Gasteiger partial charge in [-0.05, 0) is 37.6 Å². The van der Waals surface area contributed by atoms with Gasteiger partial charge >= 0.3 is 0 Å². The molecule has 1 aliphatic heterocycles. The molecule has 1 unspecified atom stereocenters. The van der Waals surface area contributed by atoms with E-state index in [0.29, 0.717) is 0 Å². The van der Waals surface area contributed by atoms with Crippen LogP contribution in [0.15, 0.2) is 24.3 Å². The molecule has 0 aromatic heterocycles. The van der Waals surface area contributed by atoms with Crippen LogP contribution in [-0.2, 0) is 4.79 Å². The third-order valence-corrected chi connectivity index (χ3v) is 3.23. The molecule has 0 bridgehead atoms. The summed E-state index contributed by atoms with van der Waals surface area (Å²) in [7, 11) is 0. The van der Waals surface area contributed by atoms with Crippen LogP contribution >= 0.6 is 0 Å². The maximum atomic E-state index is 11.2. The number of Topliss-reactive ketones (excluding diaryl/α,β-unsaturated/α-hetero) is 1. The zero-order valence-corrected chi connectivity index (χ0v) is 10.8. The maximum absolute atomic E-state index is 11.2. The fourth-order valence-corrected chi connectivity index (χ4v) is 2.31. The Morgan fingerprint density at radius 1 is 1.22 bits per heavy atom. The number of nitrogens with zero attached hydrogens (tertiary/aromatic N) is 1. The molecular weight excluding hydrogens is 228 g/mol. The highest BCUT2D eigenvalue weighted by Gasteiger charge is 2.23. The lowest BCUT2D eigenvalue weighted by Gasteiger charge is -2.19. The largest absolute Gasteiger partial charge is 0.369 e. The van der Waals surface area contributed by atoms with Crippen molar-refractivity contribution in [1.82, 2.24) is 5.32 Å². The SMILES string of the molecule is CC(=O)NC1CCN(c2ccc(C(C)=O)cc2)C1. The van der Waals surface area contributed by atoms with Crippen LogP contribution in [0.2, 0.25) is 0 Å². The zero-order chi connectivity index (χ0) is 13.1. The highest BCUT2D eigenvalue weighted by Crippen LogP contribution is 2.21. The Morgan fingerprint density at radius 2 is 1.89 bits per heavy atom. The first-order valence-electron chi connectivity index (χ1n) is 6.19. The Kier molecular flexibility index (Phi) is 3.65. The minimum atomic E-state index is 0.0220. The molecule has 2 rings (SSSR count). The second-order valence-corrected chi connectivity index (χ2v) is 4.74. The summed E-state index contributed by atoms with van der Waals surface area (Å²) < 4.78 is 0. The van der Waals surface area contributed by atoms with Gasteiger partial charge in [0.2, 0.25) is 5.91 Å². The van der Waals surface area contributed by atoms with Crippen molar-refractivity contribution in [3.63, 3.8) is 0 Å². The van der Waals surface area contributed by atoms with E-state index in [-0.39, 0.29) is 17.7 Å². The number of carbonyl (C=O) groups is 2. The van der Waals surface area contributed by atoms with Crippen LogP contribution < -0.4 is 10.2 Å². The zero-order valence-electron chi connectivity index (χ0n) is 10.8. The Balaban J connectivity index is 2.01. The van der Waals surface area contributed by atoms with Gasteiger partial charge in [-0.1, -0.05) is 0 Å². The molecule has 1 atom stereocenters. The van der Waals surface area contributed by atoms with Crippen molar-refractivity contribution in [3.8, 4) is 0 Å². The van der Waals surface area contributed by atoms with Crippen molar-refractivity contribution in [2.45, 2.75) is 26.3 Å². The summed E-state index contributed by atoms with van der Waals surface area (Å²) in [4.78, 5) is 24.4. The number of hydrogen-bond acceptors (Lipinski definition) is 3. The number of anilines is 1. The van der Waals surface area contributed by atoms with E-state index in [1.807, 2.05) is 24.3 Å². The van der Waals surface area contributed by atoms with Gasteiger partial charge in [0.15, 0.2) is 5.78 Å². The van der Waals surface area contributed by atoms with E-state index in [1.54, 1.807) is 13.8 Å². The Labute approximate surface area is 107 Å². The summed E-state index contributed by atoms with van der Waals surface area (Å²) >= 11 is 0. The smallest absolute Gasteiger partial charge is 0.217 e. The minimum Gasteiger partial charge on any atom is -0.369 e. The molecular formula is C14H18N2O2. The Morgan fingerprint density at radius 3 is 2.44 bits per heavy atom. The first kappa shape index (κ1) is 12.6. The van der Waals surface area contributed by atoms with E-state index in [9.17, 15) is 9.59 Å². The van der Waals surface area contributed by atoms with Crippen LogP contribution in [0.3, 0.4) is 0 Å². The van der Waals surface area contributed by atoms with E-state index in [1.165, 1.54) is 0 Å². The van der Waals surface area contributed by atoms with Crippen LogP contribution in [0, 0.1) is 0 Å². The number of amides is 1. The monoisotopic (exact) mass is 246 g/mol. The molecule has 0 radical (unpaired) electrons. The molecule has 1 aromatic rings. The van der Waals surface area contributed by atoms with Crippen molar-refractivity contribution >= 4 is 17.4 Å². The van der Waals surface area contributed by atoms with E-state index < -0.39 is 0 Å². The summed E-state index contributed by atoms with van der Waals surface area (Å²) in [5, 5.41) is 2.94. The molecule has 0 spiro atoms.